The molecule has 0 heterocycles. The van der Waals surface area contributed by atoms with Crippen LogP contribution in [0.25, 0.3) is 6.08 Å². The van der Waals surface area contributed by atoms with Crippen molar-refractivity contribution in [3.8, 4) is 5.75 Å². The normalized spacial score (nSPS) is 10.4. The number of carbonyl (C=O) groups excluding carboxylic acids is 3. The fraction of sp³-hybridized carbons (Fsp3) is 0.190. The highest BCUT2D eigenvalue weighted by atomic mass is 16.5. The predicted molar refractivity (Wildman–Crippen MR) is 107 cm³/mol. The molecule has 0 aliphatic heterocycles. The van der Waals surface area contributed by atoms with E-state index in [0.717, 1.165) is 11.3 Å². The Morgan fingerprint density at radius 1 is 0.929 bits per heavy atom. The minimum absolute atomic E-state index is 0.179. The van der Waals surface area contributed by atoms with Crippen molar-refractivity contribution in [1.29, 1.82) is 0 Å². The molecule has 28 heavy (non-hydrogen) atoms. The van der Waals surface area contributed by atoms with Crippen molar-refractivity contribution >= 4 is 35.2 Å². The molecule has 0 atom stereocenters. The molecule has 0 aliphatic rings. The molecular formula is C21H22N2O5. The number of ether oxygens (including phenoxy) is 2. The van der Waals surface area contributed by atoms with Crippen molar-refractivity contribution in [3.63, 3.8) is 0 Å². The molecule has 2 amide bonds. The summed E-state index contributed by atoms with van der Waals surface area (Å²) in [5, 5.41) is 5.23. The predicted octanol–water partition coefficient (Wildman–Crippen LogP) is 3.24. The van der Waals surface area contributed by atoms with Crippen LogP contribution in [0.4, 0.5) is 11.4 Å². The smallest absolute Gasteiger partial charge is 0.331 e. The average Bonchev–Trinajstić information content (AvgIpc) is 2.67. The molecule has 0 unspecified atom stereocenters. The standard InChI is InChI=1S/C21H22N2O5/c1-3-27-19-11-4-16(5-12-19)6-13-21(26)28-14-20(25)23-18-9-7-17(8-10-18)22-15(2)24/h4-13H,3,14H2,1-2H3,(H,22,24)(H,23,25)/b13-6+. The summed E-state index contributed by atoms with van der Waals surface area (Å²) in [6.07, 6.45) is 2.85. The van der Waals surface area contributed by atoms with Crippen molar-refractivity contribution in [1.82, 2.24) is 0 Å². The van der Waals surface area contributed by atoms with Crippen LogP contribution in [0.3, 0.4) is 0 Å². The van der Waals surface area contributed by atoms with E-state index in [2.05, 4.69) is 10.6 Å². The van der Waals surface area contributed by atoms with Gasteiger partial charge in [-0.05, 0) is 55.0 Å². The van der Waals surface area contributed by atoms with Gasteiger partial charge in [0, 0.05) is 24.4 Å². The Kier molecular flexibility index (Phi) is 7.77. The van der Waals surface area contributed by atoms with Gasteiger partial charge >= 0.3 is 5.97 Å². The maximum Gasteiger partial charge on any atom is 0.331 e. The van der Waals surface area contributed by atoms with Gasteiger partial charge in [0.15, 0.2) is 6.61 Å². The molecule has 0 spiro atoms. The Morgan fingerprint density at radius 2 is 1.54 bits per heavy atom. The highest BCUT2D eigenvalue weighted by Gasteiger charge is 2.06. The van der Waals surface area contributed by atoms with E-state index in [-0.39, 0.29) is 5.91 Å². The van der Waals surface area contributed by atoms with Crippen molar-refractivity contribution in [3.05, 3.63) is 60.2 Å². The Labute approximate surface area is 163 Å². The first-order valence-electron chi connectivity index (χ1n) is 8.71. The lowest BCUT2D eigenvalue weighted by Gasteiger charge is -2.07. The molecule has 0 aliphatic carbocycles. The maximum atomic E-state index is 11.9. The quantitative estimate of drug-likeness (QED) is 0.540. The van der Waals surface area contributed by atoms with Gasteiger partial charge in [-0.2, -0.15) is 0 Å². The van der Waals surface area contributed by atoms with Crippen molar-refractivity contribution in [2.45, 2.75) is 13.8 Å². The van der Waals surface area contributed by atoms with Gasteiger partial charge in [0.1, 0.15) is 5.75 Å². The van der Waals surface area contributed by atoms with Crippen LogP contribution < -0.4 is 15.4 Å². The molecule has 0 saturated heterocycles. The Morgan fingerprint density at radius 3 is 2.11 bits per heavy atom. The van der Waals surface area contributed by atoms with Gasteiger partial charge in [-0.25, -0.2) is 4.79 Å². The van der Waals surface area contributed by atoms with Gasteiger partial charge in [-0.15, -0.1) is 0 Å². The molecule has 2 N–H and O–H groups in total. The van der Waals surface area contributed by atoms with Crippen LogP contribution in [0.1, 0.15) is 19.4 Å². The summed E-state index contributed by atoms with van der Waals surface area (Å²) in [5.41, 5.74) is 1.96. The lowest BCUT2D eigenvalue weighted by molar-refractivity contribution is -0.142. The number of carbonyl (C=O) groups is 3. The molecule has 0 fully saturated rings. The Bertz CT molecular complexity index is 842. The zero-order valence-electron chi connectivity index (χ0n) is 15.7. The van der Waals surface area contributed by atoms with Gasteiger partial charge in [0.25, 0.3) is 5.91 Å². The minimum atomic E-state index is -0.620. The van der Waals surface area contributed by atoms with Crippen LogP contribution in [-0.2, 0) is 19.1 Å². The van der Waals surface area contributed by atoms with Crippen molar-refractivity contribution in [2.75, 3.05) is 23.8 Å². The van der Waals surface area contributed by atoms with Crippen LogP contribution in [0.15, 0.2) is 54.6 Å². The largest absolute Gasteiger partial charge is 0.494 e. The summed E-state index contributed by atoms with van der Waals surface area (Å²) in [7, 11) is 0. The minimum Gasteiger partial charge on any atom is -0.494 e. The molecule has 0 radical (unpaired) electrons. The van der Waals surface area contributed by atoms with Gasteiger partial charge in [0.05, 0.1) is 6.61 Å². The van der Waals surface area contributed by atoms with E-state index in [1.807, 2.05) is 19.1 Å². The van der Waals surface area contributed by atoms with Crippen molar-refractivity contribution in [2.24, 2.45) is 0 Å². The monoisotopic (exact) mass is 382 g/mol. The van der Waals surface area contributed by atoms with E-state index in [9.17, 15) is 14.4 Å². The zero-order chi connectivity index (χ0) is 20.4. The average molecular weight is 382 g/mol. The fourth-order valence-electron chi connectivity index (χ4n) is 2.23. The summed E-state index contributed by atoms with van der Waals surface area (Å²) in [6, 6.07) is 13.8. The summed E-state index contributed by atoms with van der Waals surface area (Å²) in [6.45, 7) is 3.50. The number of benzene rings is 2. The number of anilines is 2. The van der Waals surface area contributed by atoms with E-state index in [4.69, 9.17) is 9.47 Å². The molecule has 0 aromatic heterocycles. The number of esters is 1. The maximum absolute atomic E-state index is 11.9. The molecule has 7 nitrogen and oxygen atoms in total. The molecule has 2 aromatic carbocycles. The van der Waals surface area contributed by atoms with Crippen LogP contribution in [0.2, 0.25) is 0 Å². The number of amides is 2. The van der Waals surface area contributed by atoms with Crippen molar-refractivity contribution < 1.29 is 23.9 Å². The first-order valence-corrected chi connectivity index (χ1v) is 8.71. The SMILES string of the molecule is CCOc1ccc(/C=C/C(=O)OCC(=O)Nc2ccc(NC(C)=O)cc2)cc1. The summed E-state index contributed by atoms with van der Waals surface area (Å²) < 4.78 is 10.3. The van der Waals surface area contributed by atoms with Gasteiger partial charge in [-0.1, -0.05) is 12.1 Å². The van der Waals surface area contributed by atoms with E-state index < -0.39 is 18.5 Å². The molecule has 0 bridgehead atoms. The molecule has 2 aromatic rings. The second-order valence-corrected chi connectivity index (χ2v) is 5.75. The molecule has 2 rings (SSSR count). The number of hydrogen-bond acceptors (Lipinski definition) is 5. The number of hydrogen-bond donors (Lipinski definition) is 2. The number of nitrogens with one attached hydrogen (secondary N) is 2. The third kappa shape index (κ3) is 7.33. The number of rotatable bonds is 8. The first-order chi connectivity index (χ1) is 13.5. The highest BCUT2D eigenvalue weighted by Crippen LogP contribution is 2.14. The third-order valence-electron chi connectivity index (χ3n) is 3.44. The lowest BCUT2D eigenvalue weighted by atomic mass is 10.2. The van der Waals surface area contributed by atoms with Gasteiger partial charge in [-0.3, -0.25) is 9.59 Å². The van der Waals surface area contributed by atoms with Gasteiger partial charge in [0.2, 0.25) is 5.91 Å². The topological polar surface area (TPSA) is 93.7 Å². The molecular weight excluding hydrogens is 360 g/mol. The molecule has 146 valence electrons. The zero-order valence-corrected chi connectivity index (χ0v) is 15.7. The van der Waals surface area contributed by atoms with Gasteiger partial charge < -0.3 is 20.1 Å². The van der Waals surface area contributed by atoms with Crippen LogP contribution in [0.5, 0.6) is 5.75 Å². The summed E-state index contributed by atoms with van der Waals surface area (Å²) >= 11 is 0. The molecule has 7 heteroatoms. The van der Waals surface area contributed by atoms with Crippen LogP contribution >= 0.6 is 0 Å². The third-order valence-corrected chi connectivity index (χ3v) is 3.44. The van der Waals surface area contributed by atoms with E-state index in [1.165, 1.54) is 13.0 Å². The summed E-state index contributed by atoms with van der Waals surface area (Å²) in [4.78, 5) is 34.6. The molecule has 0 saturated carbocycles. The van der Waals surface area contributed by atoms with Crippen LogP contribution in [0, 0.1) is 0 Å². The second-order valence-electron chi connectivity index (χ2n) is 5.75. The Balaban J connectivity index is 1.77. The fourth-order valence-corrected chi connectivity index (χ4v) is 2.23. The Hall–Kier alpha value is -3.61. The first kappa shape index (κ1) is 20.7. The summed E-state index contributed by atoms with van der Waals surface area (Å²) in [5.74, 6) is -0.508. The second kappa shape index (κ2) is 10.5. The lowest BCUT2D eigenvalue weighted by Crippen LogP contribution is -2.20. The van der Waals surface area contributed by atoms with E-state index in [1.54, 1.807) is 42.5 Å². The highest BCUT2D eigenvalue weighted by molar-refractivity contribution is 5.95. The van der Waals surface area contributed by atoms with E-state index >= 15 is 0 Å². The van der Waals surface area contributed by atoms with E-state index in [0.29, 0.717) is 18.0 Å². The van der Waals surface area contributed by atoms with Crippen LogP contribution in [-0.4, -0.2) is 31.0 Å².